The molecule has 19 heavy (non-hydrogen) atoms. The number of aryl methyl sites for hydroxylation is 2. The highest BCUT2D eigenvalue weighted by Gasteiger charge is 2.19. The van der Waals surface area contributed by atoms with E-state index in [1.807, 2.05) is 19.9 Å². The fourth-order valence-electron chi connectivity index (χ4n) is 1.79. The standard InChI is InChI=1S/C12H15N7/c1-7-5-8(2)16-12(15-7)19-10(14)9(6-13)11(17-19)18(3)4/h5H,14H2,1-4H3. The third-order valence-corrected chi connectivity index (χ3v) is 2.60. The molecule has 0 aromatic carbocycles. The van der Waals surface area contributed by atoms with Gasteiger partial charge in [0.05, 0.1) is 0 Å². The predicted octanol–water partition coefficient (Wildman–Crippen LogP) is 0.799. The summed E-state index contributed by atoms with van der Waals surface area (Å²) in [4.78, 5) is 10.3. The molecule has 0 fully saturated rings. The number of aromatic nitrogens is 4. The molecule has 0 aliphatic rings. The van der Waals surface area contributed by atoms with Crippen molar-refractivity contribution in [2.24, 2.45) is 0 Å². The fourth-order valence-corrected chi connectivity index (χ4v) is 1.79. The van der Waals surface area contributed by atoms with Crippen LogP contribution in [-0.4, -0.2) is 33.8 Å². The Bertz CT molecular complexity index is 643. The third kappa shape index (κ3) is 2.20. The number of anilines is 2. The van der Waals surface area contributed by atoms with E-state index in [9.17, 15) is 0 Å². The van der Waals surface area contributed by atoms with E-state index in [-0.39, 0.29) is 5.82 Å². The van der Waals surface area contributed by atoms with Crippen LogP contribution in [0.4, 0.5) is 11.6 Å². The van der Waals surface area contributed by atoms with E-state index in [1.54, 1.807) is 19.0 Å². The molecule has 0 saturated heterocycles. The number of nitriles is 1. The van der Waals surface area contributed by atoms with E-state index < -0.39 is 0 Å². The summed E-state index contributed by atoms with van der Waals surface area (Å²) >= 11 is 0. The molecule has 0 unspecified atom stereocenters. The Morgan fingerprint density at radius 1 is 1.26 bits per heavy atom. The zero-order valence-electron chi connectivity index (χ0n) is 11.3. The summed E-state index contributed by atoms with van der Waals surface area (Å²) in [6.45, 7) is 3.74. The van der Waals surface area contributed by atoms with Crippen LogP contribution in [0.5, 0.6) is 0 Å². The van der Waals surface area contributed by atoms with Crippen molar-refractivity contribution in [3.8, 4) is 12.0 Å². The quantitative estimate of drug-likeness (QED) is 0.854. The van der Waals surface area contributed by atoms with Gasteiger partial charge in [-0.05, 0) is 19.9 Å². The van der Waals surface area contributed by atoms with Crippen LogP contribution in [0.3, 0.4) is 0 Å². The lowest BCUT2D eigenvalue weighted by atomic mass is 10.3. The van der Waals surface area contributed by atoms with Gasteiger partial charge in [0.1, 0.15) is 11.6 Å². The van der Waals surface area contributed by atoms with Crippen LogP contribution in [0, 0.1) is 25.2 Å². The predicted molar refractivity (Wildman–Crippen MR) is 72.1 cm³/mol. The molecule has 98 valence electrons. The summed E-state index contributed by atoms with van der Waals surface area (Å²) in [5.74, 6) is 1.12. The van der Waals surface area contributed by atoms with E-state index >= 15 is 0 Å². The summed E-state index contributed by atoms with van der Waals surface area (Å²) in [5, 5.41) is 13.5. The molecule has 2 aromatic heterocycles. The van der Waals surface area contributed by atoms with Crippen molar-refractivity contribution in [1.82, 2.24) is 19.7 Å². The Balaban J connectivity index is 2.67. The average molecular weight is 257 g/mol. The van der Waals surface area contributed by atoms with Gasteiger partial charge >= 0.3 is 0 Å². The number of nitrogens with zero attached hydrogens (tertiary/aromatic N) is 6. The molecule has 0 aliphatic carbocycles. The van der Waals surface area contributed by atoms with Gasteiger partial charge in [-0.3, -0.25) is 0 Å². The maximum Gasteiger partial charge on any atom is 0.253 e. The second-order valence-electron chi connectivity index (χ2n) is 4.45. The SMILES string of the molecule is Cc1cc(C)nc(-n2nc(N(C)C)c(C#N)c2N)n1. The lowest BCUT2D eigenvalue weighted by molar-refractivity contribution is 0.796. The van der Waals surface area contributed by atoms with Crippen LogP contribution >= 0.6 is 0 Å². The second kappa shape index (κ2) is 4.57. The molecule has 7 heteroatoms. The van der Waals surface area contributed by atoms with Gasteiger partial charge < -0.3 is 10.6 Å². The van der Waals surface area contributed by atoms with E-state index in [0.717, 1.165) is 11.4 Å². The molecule has 0 aliphatic heterocycles. The first kappa shape index (κ1) is 12.8. The van der Waals surface area contributed by atoms with Gasteiger partial charge in [0.15, 0.2) is 11.6 Å². The highest BCUT2D eigenvalue weighted by Crippen LogP contribution is 2.24. The fraction of sp³-hybridized carbons (Fsp3) is 0.333. The van der Waals surface area contributed by atoms with Gasteiger partial charge in [0.2, 0.25) is 0 Å². The zero-order valence-corrected chi connectivity index (χ0v) is 11.3. The number of hydrogen-bond acceptors (Lipinski definition) is 6. The molecule has 0 bridgehead atoms. The topological polar surface area (TPSA) is 96.7 Å². The lowest BCUT2D eigenvalue weighted by Crippen LogP contribution is -2.12. The largest absolute Gasteiger partial charge is 0.382 e. The van der Waals surface area contributed by atoms with E-state index in [0.29, 0.717) is 17.3 Å². The Labute approximate surface area is 111 Å². The maximum absolute atomic E-state index is 9.17. The lowest BCUT2D eigenvalue weighted by Gasteiger charge is -2.07. The van der Waals surface area contributed by atoms with Crippen LogP contribution in [-0.2, 0) is 0 Å². The monoisotopic (exact) mass is 257 g/mol. The highest BCUT2D eigenvalue weighted by molar-refractivity contribution is 5.65. The summed E-state index contributed by atoms with van der Waals surface area (Å²) in [7, 11) is 3.60. The molecule has 7 nitrogen and oxygen atoms in total. The van der Waals surface area contributed by atoms with Crippen LogP contribution in [0.15, 0.2) is 6.07 Å². The third-order valence-electron chi connectivity index (χ3n) is 2.60. The molecule has 2 aromatic rings. The van der Waals surface area contributed by atoms with Crippen molar-refractivity contribution in [3.05, 3.63) is 23.0 Å². The molecule has 0 atom stereocenters. The van der Waals surface area contributed by atoms with E-state index in [4.69, 9.17) is 11.0 Å². The van der Waals surface area contributed by atoms with Crippen LogP contribution in [0.25, 0.3) is 5.95 Å². The van der Waals surface area contributed by atoms with Gasteiger partial charge in [-0.25, -0.2) is 9.97 Å². The van der Waals surface area contributed by atoms with Crippen molar-refractivity contribution in [1.29, 1.82) is 5.26 Å². The smallest absolute Gasteiger partial charge is 0.253 e. The minimum absolute atomic E-state index is 0.246. The van der Waals surface area contributed by atoms with Crippen LogP contribution < -0.4 is 10.6 Å². The molecule has 0 spiro atoms. The van der Waals surface area contributed by atoms with Gasteiger partial charge in [-0.1, -0.05) is 0 Å². The minimum atomic E-state index is 0.246. The molecule has 2 N–H and O–H groups in total. The Morgan fingerprint density at radius 3 is 2.26 bits per heavy atom. The van der Waals surface area contributed by atoms with Crippen molar-refractivity contribution in [2.45, 2.75) is 13.8 Å². The first-order valence-electron chi connectivity index (χ1n) is 5.72. The first-order chi connectivity index (χ1) is 8.93. The minimum Gasteiger partial charge on any atom is -0.382 e. The van der Waals surface area contributed by atoms with Crippen molar-refractivity contribution in [3.63, 3.8) is 0 Å². The molecule has 2 heterocycles. The molecular weight excluding hydrogens is 242 g/mol. The Kier molecular flexibility index (Phi) is 3.09. The number of rotatable bonds is 2. The summed E-state index contributed by atoms with van der Waals surface area (Å²) < 4.78 is 1.40. The van der Waals surface area contributed by atoms with Gasteiger partial charge in [0, 0.05) is 25.5 Å². The number of nitrogens with two attached hydrogens (primary N) is 1. The normalized spacial score (nSPS) is 10.3. The number of nitrogen functional groups attached to an aromatic ring is 1. The first-order valence-corrected chi connectivity index (χ1v) is 5.72. The summed E-state index contributed by atoms with van der Waals surface area (Å²) in [6.07, 6.45) is 0. The van der Waals surface area contributed by atoms with Gasteiger partial charge in [-0.15, -0.1) is 5.10 Å². The van der Waals surface area contributed by atoms with Gasteiger partial charge in [-0.2, -0.15) is 9.94 Å². The molecule has 2 rings (SSSR count). The Morgan fingerprint density at radius 2 is 1.84 bits per heavy atom. The van der Waals surface area contributed by atoms with Crippen LogP contribution in [0.1, 0.15) is 17.0 Å². The van der Waals surface area contributed by atoms with Crippen LogP contribution in [0.2, 0.25) is 0 Å². The Hall–Kier alpha value is -2.62. The highest BCUT2D eigenvalue weighted by atomic mass is 15.4. The molecule has 0 amide bonds. The summed E-state index contributed by atoms with van der Waals surface area (Å²) in [6, 6.07) is 3.92. The van der Waals surface area contributed by atoms with Crippen molar-refractivity contribution >= 4 is 11.6 Å². The molecule has 0 radical (unpaired) electrons. The van der Waals surface area contributed by atoms with E-state index in [2.05, 4.69) is 21.1 Å². The second-order valence-corrected chi connectivity index (χ2v) is 4.45. The van der Waals surface area contributed by atoms with E-state index in [1.165, 1.54) is 4.68 Å². The van der Waals surface area contributed by atoms with Crippen molar-refractivity contribution in [2.75, 3.05) is 24.7 Å². The molecular formula is C12H15N7. The average Bonchev–Trinajstić information content (AvgIpc) is 2.65. The zero-order chi connectivity index (χ0) is 14.2. The number of hydrogen-bond donors (Lipinski definition) is 1. The summed E-state index contributed by atoms with van der Waals surface area (Å²) in [5.41, 5.74) is 7.93. The maximum atomic E-state index is 9.17. The van der Waals surface area contributed by atoms with Crippen molar-refractivity contribution < 1.29 is 0 Å². The molecule has 0 saturated carbocycles. The van der Waals surface area contributed by atoms with Gasteiger partial charge in [0.25, 0.3) is 5.95 Å².